The zero-order chi connectivity index (χ0) is 15.0. The number of rotatable bonds is 4. The van der Waals surface area contributed by atoms with Gasteiger partial charge in [0.2, 0.25) is 0 Å². The van der Waals surface area contributed by atoms with E-state index in [1.807, 2.05) is 30.3 Å². The van der Waals surface area contributed by atoms with Crippen LogP contribution in [0, 0.1) is 0 Å². The molecule has 2 N–H and O–H groups in total. The van der Waals surface area contributed by atoms with Crippen molar-refractivity contribution >= 4 is 6.09 Å². The lowest BCUT2D eigenvalue weighted by Crippen LogP contribution is -2.43. The summed E-state index contributed by atoms with van der Waals surface area (Å²) in [7, 11) is 0. The second-order valence-corrected chi connectivity index (χ2v) is 5.91. The third-order valence-corrected chi connectivity index (χ3v) is 4.06. The molecular weight excluding hydrogens is 266 g/mol. The number of hydrogen-bond donors (Lipinski definition) is 2. The van der Waals surface area contributed by atoms with Crippen molar-refractivity contribution in [2.45, 2.75) is 57.2 Å². The Morgan fingerprint density at radius 2 is 1.71 bits per heavy atom. The van der Waals surface area contributed by atoms with Gasteiger partial charge in [0.15, 0.2) is 0 Å². The Balaban J connectivity index is 1.72. The summed E-state index contributed by atoms with van der Waals surface area (Å²) < 4.78 is 5.16. The van der Waals surface area contributed by atoms with Gasteiger partial charge < -0.3 is 15.2 Å². The van der Waals surface area contributed by atoms with Gasteiger partial charge in [-0.1, -0.05) is 62.4 Å². The van der Waals surface area contributed by atoms with Crippen molar-refractivity contribution in [3.05, 3.63) is 35.9 Å². The normalized spacial score (nSPS) is 18.3. The summed E-state index contributed by atoms with van der Waals surface area (Å²) in [5.41, 5.74) is 0.184. The van der Waals surface area contributed by atoms with Crippen molar-refractivity contribution in [1.29, 1.82) is 0 Å². The first kappa shape index (κ1) is 15.8. The number of benzene rings is 1. The summed E-state index contributed by atoms with van der Waals surface area (Å²) in [4.78, 5) is 11.7. The molecule has 0 spiro atoms. The molecule has 116 valence electrons. The van der Waals surface area contributed by atoms with Crippen molar-refractivity contribution in [2.24, 2.45) is 0 Å². The first-order valence-electron chi connectivity index (χ1n) is 7.85. The molecule has 1 amide bonds. The predicted molar refractivity (Wildman–Crippen MR) is 81.9 cm³/mol. The van der Waals surface area contributed by atoms with Gasteiger partial charge >= 0.3 is 6.09 Å². The smallest absolute Gasteiger partial charge is 0.407 e. The third kappa shape index (κ3) is 5.76. The molecule has 21 heavy (non-hydrogen) atoms. The molecule has 1 aromatic rings. The molecule has 0 unspecified atom stereocenters. The van der Waals surface area contributed by atoms with Gasteiger partial charge in [-0.05, 0) is 18.4 Å². The quantitative estimate of drug-likeness (QED) is 0.894. The second-order valence-electron chi connectivity index (χ2n) is 5.91. The Bertz CT molecular complexity index is 425. The molecule has 1 aliphatic carbocycles. The van der Waals surface area contributed by atoms with Gasteiger partial charge in [0.05, 0.1) is 5.60 Å². The highest BCUT2D eigenvalue weighted by Gasteiger charge is 2.27. The monoisotopic (exact) mass is 291 g/mol. The molecule has 4 nitrogen and oxygen atoms in total. The number of alkyl carbamates (subject to hydrolysis) is 1. The molecule has 2 rings (SSSR count). The molecule has 1 aromatic carbocycles. The van der Waals surface area contributed by atoms with Crippen LogP contribution in [0.25, 0.3) is 0 Å². The van der Waals surface area contributed by atoms with Crippen LogP contribution in [0.15, 0.2) is 30.3 Å². The Morgan fingerprint density at radius 1 is 1.10 bits per heavy atom. The fourth-order valence-corrected chi connectivity index (χ4v) is 2.75. The van der Waals surface area contributed by atoms with E-state index in [4.69, 9.17) is 4.74 Å². The molecule has 0 radical (unpaired) electrons. The van der Waals surface area contributed by atoms with Crippen molar-refractivity contribution in [1.82, 2.24) is 5.32 Å². The number of nitrogens with one attached hydrogen (secondary N) is 1. The zero-order valence-electron chi connectivity index (χ0n) is 12.5. The van der Waals surface area contributed by atoms with Gasteiger partial charge in [0.1, 0.15) is 6.61 Å². The maximum Gasteiger partial charge on any atom is 0.407 e. The van der Waals surface area contributed by atoms with E-state index in [2.05, 4.69) is 5.32 Å². The van der Waals surface area contributed by atoms with Crippen LogP contribution < -0.4 is 5.32 Å². The van der Waals surface area contributed by atoms with Crippen molar-refractivity contribution in [3.63, 3.8) is 0 Å². The zero-order valence-corrected chi connectivity index (χ0v) is 12.5. The van der Waals surface area contributed by atoms with Crippen LogP contribution in [0.5, 0.6) is 0 Å². The van der Waals surface area contributed by atoms with E-state index in [0.717, 1.165) is 31.2 Å². The number of hydrogen-bond acceptors (Lipinski definition) is 3. The first-order valence-corrected chi connectivity index (χ1v) is 7.85. The summed E-state index contributed by atoms with van der Waals surface area (Å²) in [6, 6.07) is 9.57. The fourth-order valence-electron chi connectivity index (χ4n) is 2.75. The summed E-state index contributed by atoms with van der Waals surface area (Å²) in [5, 5.41) is 13.2. The maximum absolute atomic E-state index is 11.7. The lowest BCUT2D eigenvalue weighted by Gasteiger charge is -2.30. The summed E-state index contributed by atoms with van der Waals surface area (Å²) in [5.74, 6) is 0. The highest BCUT2D eigenvalue weighted by molar-refractivity contribution is 5.67. The number of ether oxygens (including phenoxy) is 1. The Hall–Kier alpha value is -1.55. The highest BCUT2D eigenvalue weighted by Crippen LogP contribution is 2.25. The second kappa shape index (κ2) is 8.03. The minimum Gasteiger partial charge on any atom is -0.445 e. The van der Waals surface area contributed by atoms with Crippen LogP contribution >= 0.6 is 0 Å². The Morgan fingerprint density at radius 3 is 2.38 bits per heavy atom. The molecule has 1 aliphatic rings. The third-order valence-electron chi connectivity index (χ3n) is 4.06. The van der Waals surface area contributed by atoms with Gasteiger partial charge in [-0.15, -0.1) is 0 Å². The molecular formula is C17H25NO3. The minimum atomic E-state index is -0.772. The summed E-state index contributed by atoms with van der Waals surface area (Å²) in [6.45, 7) is 0.533. The molecule has 0 bridgehead atoms. The lowest BCUT2D eigenvalue weighted by atomic mass is 9.87. The standard InChI is InChI=1S/C17H25NO3/c19-16(21-13-15-9-5-4-6-10-15)18-14-17(20)11-7-2-1-3-8-12-17/h4-6,9-10,20H,1-3,7-8,11-14H2,(H,18,19). The first-order chi connectivity index (χ1) is 10.2. The average molecular weight is 291 g/mol. The molecule has 4 heteroatoms. The van der Waals surface area contributed by atoms with E-state index in [1.165, 1.54) is 19.3 Å². The fraction of sp³-hybridized carbons (Fsp3) is 0.588. The maximum atomic E-state index is 11.7. The van der Waals surface area contributed by atoms with E-state index in [9.17, 15) is 9.90 Å². The molecule has 0 saturated heterocycles. The number of aliphatic hydroxyl groups is 1. The van der Waals surface area contributed by atoms with E-state index in [1.54, 1.807) is 0 Å². The van der Waals surface area contributed by atoms with Gasteiger partial charge in [-0.25, -0.2) is 4.79 Å². The number of carbonyl (C=O) groups excluding carboxylic acids is 1. The minimum absolute atomic E-state index is 0.255. The molecule has 0 aliphatic heterocycles. The van der Waals surface area contributed by atoms with Crippen LogP contribution in [0.4, 0.5) is 4.79 Å². The molecule has 1 fully saturated rings. The van der Waals surface area contributed by atoms with E-state index < -0.39 is 11.7 Å². The molecule has 0 atom stereocenters. The van der Waals surface area contributed by atoms with E-state index in [-0.39, 0.29) is 13.2 Å². The lowest BCUT2D eigenvalue weighted by molar-refractivity contribution is 0.0135. The van der Waals surface area contributed by atoms with Gasteiger partial charge in [0, 0.05) is 6.54 Å². The average Bonchev–Trinajstić information content (AvgIpc) is 2.49. The summed E-state index contributed by atoms with van der Waals surface area (Å²) >= 11 is 0. The van der Waals surface area contributed by atoms with Gasteiger partial charge in [0.25, 0.3) is 0 Å². The van der Waals surface area contributed by atoms with Crippen molar-refractivity contribution in [3.8, 4) is 0 Å². The van der Waals surface area contributed by atoms with Gasteiger partial charge in [-0.2, -0.15) is 0 Å². The van der Waals surface area contributed by atoms with Crippen LogP contribution in [0.1, 0.15) is 50.5 Å². The number of amides is 1. The molecule has 0 aromatic heterocycles. The van der Waals surface area contributed by atoms with Crippen molar-refractivity contribution in [2.75, 3.05) is 6.54 Å². The van der Waals surface area contributed by atoms with Gasteiger partial charge in [-0.3, -0.25) is 0 Å². The van der Waals surface area contributed by atoms with E-state index in [0.29, 0.717) is 0 Å². The van der Waals surface area contributed by atoms with Crippen molar-refractivity contribution < 1.29 is 14.6 Å². The number of carbonyl (C=O) groups is 1. The van der Waals surface area contributed by atoms with Crippen LogP contribution in [0.3, 0.4) is 0 Å². The largest absolute Gasteiger partial charge is 0.445 e. The molecule has 0 heterocycles. The van der Waals surface area contributed by atoms with Crippen LogP contribution in [-0.2, 0) is 11.3 Å². The highest BCUT2D eigenvalue weighted by atomic mass is 16.5. The Kier molecular flexibility index (Phi) is 6.05. The van der Waals surface area contributed by atoms with E-state index >= 15 is 0 Å². The topological polar surface area (TPSA) is 58.6 Å². The Labute approximate surface area is 126 Å². The van der Waals surface area contributed by atoms with Crippen LogP contribution in [0.2, 0.25) is 0 Å². The van der Waals surface area contributed by atoms with Crippen LogP contribution in [-0.4, -0.2) is 23.3 Å². The predicted octanol–water partition coefficient (Wildman–Crippen LogP) is 3.39. The SMILES string of the molecule is O=C(NCC1(O)CCCCCCC1)OCc1ccccc1. The molecule has 1 saturated carbocycles. The summed E-state index contributed by atoms with van der Waals surface area (Å²) in [6.07, 6.45) is 6.69.